The molecule has 1 fully saturated rings. The molecule has 1 aromatic carbocycles. The summed E-state index contributed by atoms with van der Waals surface area (Å²) in [6.07, 6.45) is 1.25. The number of nitrogens with two attached hydrogens (primary N) is 1. The molecule has 0 spiro atoms. The van der Waals surface area contributed by atoms with Crippen LogP contribution in [-0.2, 0) is 11.3 Å². The molecule has 1 aliphatic rings. The van der Waals surface area contributed by atoms with E-state index in [9.17, 15) is 4.79 Å². The largest absolute Gasteiger partial charge is 0.373 e. The second-order valence-corrected chi connectivity index (χ2v) is 6.68. The van der Waals surface area contributed by atoms with Gasteiger partial charge in [-0.2, -0.15) is 0 Å². The molecule has 4 nitrogen and oxygen atoms in total. The van der Waals surface area contributed by atoms with Gasteiger partial charge in [0.15, 0.2) is 0 Å². The number of hydrogen-bond donors (Lipinski definition) is 2. The summed E-state index contributed by atoms with van der Waals surface area (Å²) in [6.45, 7) is 2.48. The minimum atomic E-state index is -0.357. The Morgan fingerprint density at radius 2 is 2.09 bits per heavy atom. The van der Waals surface area contributed by atoms with Crippen molar-refractivity contribution in [2.45, 2.75) is 19.1 Å². The van der Waals surface area contributed by atoms with Crippen LogP contribution in [0.1, 0.15) is 32.6 Å². The van der Waals surface area contributed by atoms with Crippen LogP contribution in [-0.4, -0.2) is 19.1 Å². The van der Waals surface area contributed by atoms with E-state index in [0.29, 0.717) is 10.8 Å². The van der Waals surface area contributed by atoms with Crippen molar-refractivity contribution in [3.05, 3.63) is 57.8 Å². The van der Waals surface area contributed by atoms with Gasteiger partial charge in [0.1, 0.15) is 0 Å². The van der Waals surface area contributed by atoms with E-state index < -0.39 is 0 Å². The number of carbonyl (C=O) groups excluding carboxylic acids is 1. The Balaban J connectivity index is 1.53. The van der Waals surface area contributed by atoms with E-state index >= 15 is 0 Å². The fraction of sp³-hybridized carbons (Fsp3) is 0.353. The fourth-order valence-electron chi connectivity index (χ4n) is 2.84. The molecule has 1 amide bonds. The van der Waals surface area contributed by atoms with Crippen molar-refractivity contribution in [3.63, 3.8) is 0 Å². The number of hydrogen-bond acceptors (Lipinski definition) is 4. The molecule has 1 saturated heterocycles. The molecule has 3 N–H and O–H groups in total. The molecule has 2 atom stereocenters. The molecule has 1 aromatic heterocycles. The minimum absolute atomic E-state index is 0.179. The third-order valence-electron chi connectivity index (χ3n) is 3.95. The third kappa shape index (κ3) is 3.55. The quantitative estimate of drug-likeness (QED) is 0.861. The number of carbonyl (C=O) groups is 1. The average molecular weight is 316 g/mol. The van der Waals surface area contributed by atoms with Crippen molar-refractivity contribution in [3.8, 4) is 0 Å². The highest BCUT2D eigenvalue weighted by atomic mass is 32.1. The van der Waals surface area contributed by atoms with Crippen molar-refractivity contribution in [1.29, 1.82) is 0 Å². The van der Waals surface area contributed by atoms with Gasteiger partial charge in [0.2, 0.25) is 0 Å². The van der Waals surface area contributed by atoms with E-state index in [0.717, 1.165) is 31.0 Å². The summed E-state index contributed by atoms with van der Waals surface area (Å²) in [5.74, 6) is 0.127. The van der Waals surface area contributed by atoms with E-state index in [2.05, 4.69) is 29.6 Å². The molecule has 0 unspecified atom stereocenters. The van der Waals surface area contributed by atoms with Crippen LogP contribution in [0.4, 0.5) is 0 Å². The Hall–Kier alpha value is -1.69. The molecular formula is C17H20N2O2S. The predicted octanol–water partition coefficient (Wildman–Crippen LogP) is 2.71. The number of rotatable bonds is 6. The first-order valence-electron chi connectivity index (χ1n) is 7.50. The summed E-state index contributed by atoms with van der Waals surface area (Å²) in [5.41, 5.74) is 6.52. The molecular weight excluding hydrogens is 296 g/mol. The number of benzene rings is 1. The highest BCUT2D eigenvalue weighted by Crippen LogP contribution is 2.33. The lowest BCUT2D eigenvalue weighted by molar-refractivity contribution is 0.0904. The van der Waals surface area contributed by atoms with Gasteiger partial charge < -0.3 is 15.8 Å². The highest BCUT2D eigenvalue weighted by Gasteiger charge is 2.29. The molecule has 5 heteroatoms. The van der Waals surface area contributed by atoms with Crippen LogP contribution in [0.3, 0.4) is 0 Å². The maximum absolute atomic E-state index is 11.1. The minimum Gasteiger partial charge on any atom is -0.373 e. The van der Waals surface area contributed by atoms with Crippen molar-refractivity contribution < 1.29 is 9.53 Å². The van der Waals surface area contributed by atoms with Gasteiger partial charge in [-0.3, -0.25) is 4.79 Å². The Kier molecular flexibility index (Phi) is 4.87. The lowest BCUT2D eigenvalue weighted by atomic mass is 9.95. The van der Waals surface area contributed by atoms with Gasteiger partial charge in [-0.25, -0.2) is 0 Å². The van der Waals surface area contributed by atoms with Crippen LogP contribution in [0.2, 0.25) is 0 Å². The van der Waals surface area contributed by atoms with Crippen molar-refractivity contribution >= 4 is 17.2 Å². The Morgan fingerprint density at radius 1 is 1.27 bits per heavy atom. The van der Waals surface area contributed by atoms with Crippen LogP contribution < -0.4 is 11.1 Å². The summed E-state index contributed by atoms with van der Waals surface area (Å²) < 4.78 is 5.89. The SMILES string of the molecule is NC(=O)c1ccc(CNC[C@@H]2CCO[C@H]2c2ccccc2)s1. The Labute approximate surface area is 134 Å². The zero-order chi connectivity index (χ0) is 15.4. The maximum atomic E-state index is 11.1. The second kappa shape index (κ2) is 7.05. The van der Waals surface area contributed by atoms with Crippen LogP contribution in [0.5, 0.6) is 0 Å². The molecule has 3 rings (SSSR count). The topological polar surface area (TPSA) is 64.4 Å². The fourth-order valence-corrected chi connectivity index (χ4v) is 3.67. The second-order valence-electron chi connectivity index (χ2n) is 5.51. The van der Waals surface area contributed by atoms with E-state index in [1.165, 1.54) is 16.9 Å². The number of ether oxygens (including phenoxy) is 1. The molecule has 0 bridgehead atoms. The zero-order valence-electron chi connectivity index (χ0n) is 12.3. The van der Waals surface area contributed by atoms with Crippen LogP contribution in [0.15, 0.2) is 42.5 Å². The van der Waals surface area contributed by atoms with Gasteiger partial charge in [-0.15, -0.1) is 11.3 Å². The van der Waals surface area contributed by atoms with Crippen LogP contribution in [0, 0.1) is 5.92 Å². The lowest BCUT2D eigenvalue weighted by Gasteiger charge is -2.19. The molecule has 1 aliphatic heterocycles. The summed E-state index contributed by atoms with van der Waals surface area (Å²) in [7, 11) is 0. The number of thiophene rings is 1. The van der Waals surface area contributed by atoms with Gasteiger partial charge in [0, 0.05) is 30.5 Å². The van der Waals surface area contributed by atoms with E-state index in [1.807, 2.05) is 12.1 Å². The molecule has 0 aliphatic carbocycles. The number of primary amides is 1. The average Bonchev–Trinajstić information content (AvgIpc) is 3.17. The maximum Gasteiger partial charge on any atom is 0.258 e. The van der Waals surface area contributed by atoms with Gasteiger partial charge >= 0.3 is 0 Å². The summed E-state index contributed by atoms with van der Waals surface area (Å²) in [6, 6.07) is 14.1. The Morgan fingerprint density at radius 3 is 2.82 bits per heavy atom. The van der Waals surface area contributed by atoms with E-state index in [4.69, 9.17) is 10.5 Å². The van der Waals surface area contributed by atoms with E-state index in [-0.39, 0.29) is 12.0 Å². The van der Waals surface area contributed by atoms with Crippen molar-refractivity contribution in [1.82, 2.24) is 5.32 Å². The Bertz CT molecular complexity index is 627. The number of amides is 1. The smallest absolute Gasteiger partial charge is 0.258 e. The number of nitrogens with one attached hydrogen (secondary N) is 1. The van der Waals surface area contributed by atoms with Gasteiger partial charge in [0.05, 0.1) is 11.0 Å². The van der Waals surface area contributed by atoms with Crippen molar-refractivity contribution in [2.24, 2.45) is 11.7 Å². The van der Waals surface area contributed by atoms with Crippen LogP contribution >= 0.6 is 11.3 Å². The van der Waals surface area contributed by atoms with Crippen LogP contribution in [0.25, 0.3) is 0 Å². The molecule has 22 heavy (non-hydrogen) atoms. The summed E-state index contributed by atoms with van der Waals surface area (Å²) in [4.78, 5) is 12.8. The molecule has 2 heterocycles. The highest BCUT2D eigenvalue weighted by molar-refractivity contribution is 7.14. The first kappa shape index (κ1) is 15.2. The first-order chi connectivity index (χ1) is 10.7. The first-order valence-corrected chi connectivity index (χ1v) is 8.31. The summed E-state index contributed by atoms with van der Waals surface area (Å²) in [5, 5.41) is 3.47. The van der Waals surface area contributed by atoms with Gasteiger partial charge in [0.25, 0.3) is 5.91 Å². The monoisotopic (exact) mass is 316 g/mol. The molecule has 116 valence electrons. The molecule has 2 aromatic rings. The standard InChI is InChI=1S/C17H20N2O2S/c18-17(20)15-7-6-14(22-15)11-19-10-13-8-9-21-16(13)12-4-2-1-3-5-12/h1-7,13,16,19H,8-11H2,(H2,18,20)/t13-,16-/m0/s1. The van der Waals surface area contributed by atoms with E-state index in [1.54, 1.807) is 6.07 Å². The summed E-state index contributed by atoms with van der Waals surface area (Å²) >= 11 is 1.45. The zero-order valence-corrected chi connectivity index (χ0v) is 13.1. The third-order valence-corrected chi connectivity index (χ3v) is 5.05. The van der Waals surface area contributed by atoms with Gasteiger partial charge in [-0.05, 0) is 24.1 Å². The normalized spacial score (nSPS) is 21.1. The van der Waals surface area contributed by atoms with Gasteiger partial charge in [-0.1, -0.05) is 30.3 Å². The molecule has 0 radical (unpaired) electrons. The lowest BCUT2D eigenvalue weighted by Crippen LogP contribution is -2.24. The predicted molar refractivity (Wildman–Crippen MR) is 87.8 cm³/mol. The molecule has 0 saturated carbocycles. The van der Waals surface area contributed by atoms with Crippen molar-refractivity contribution in [2.75, 3.05) is 13.2 Å².